The lowest BCUT2D eigenvalue weighted by atomic mass is 10.2. The monoisotopic (exact) mass is 393 g/mol. The summed E-state index contributed by atoms with van der Waals surface area (Å²) in [6, 6.07) is 9.87. The molecule has 1 fully saturated rings. The molecule has 0 unspecified atom stereocenters. The third-order valence-corrected chi connectivity index (χ3v) is 6.44. The van der Waals surface area contributed by atoms with Gasteiger partial charge in [0.05, 0.1) is 9.82 Å². The maximum atomic E-state index is 13.7. The first-order chi connectivity index (χ1) is 12.9. The predicted octanol–water partition coefficient (Wildman–Crippen LogP) is 3.52. The van der Waals surface area contributed by atoms with E-state index in [0.717, 1.165) is 25.3 Å². The number of sulfonamides is 1. The van der Waals surface area contributed by atoms with Gasteiger partial charge in [-0.25, -0.2) is 12.8 Å². The first-order valence-corrected chi connectivity index (χ1v) is 10.1. The zero-order chi connectivity index (χ0) is 19.4. The van der Waals surface area contributed by atoms with Crippen molar-refractivity contribution in [2.75, 3.05) is 18.4 Å². The fourth-order valence-electron chi connectivity index (χ4n) is 3.06. The summed E-state index contributed by atoms with van der Waals surface area (Å²) in [4.78, 5) is 10.7. The van der Waals surface area contributed by atoms with Gasteiger partial charge in [0.15, 0.2) is 0 Å². The Labute approximate surface area is 157 Å². The quantitative estimate of drug-likeness (QED) is 0.599. The first-order valence-electron chi connectivity index (χ1n) is 8.65. The molecule has 1 N–H and O–H groups in total. The Hall–Kier alpha value is -2.52. The summed E-state index contributed by atoms with van der Waals surface area (Å²) in [7, 11) is -3.77. The normalized spacial score (nSPS) is 15.4. The van der Waals surface area contributed by atoms with Gasteiger partial charge in [-0.15, -0.1) is 0 Å². The topological polar surface area (TPSA) is 92.5 Å². The largest absolute Gasteiger partial charge is 0.375 e. The smallest absolute Gasteiger partial charge is 0.293 e. The summed E-state index contributed by atoms with van der Waals surface area (Å²) in [5.74, 6) is -0.419. The van der Waals surface area contributed by atoms with E-state index >= 15 is 0 Å². The van der Waals surface area contributed by atoms with Gasteiger partial charge in [-0.05, 0) is 31.0 Å². The summed E-state index contributed by atoms with van der Waals surface area (Å²) < 4.78 is 40.5. The van der Waals surface area contributed by atoms with Crippen LogP contribution in [0.1, 0.15) is 24.8 Å². The van der Waals surface area contributed by atoms with Crippen molar-refractivity contribution >= 4 is 21.4 Å². The maximum Gasteiger partial charge on any atom is 0.293 e. The lowest BCUT2D eigenvalue weighted by Gasteiger charge is -2.25. The average molecular weight is 393 g/mol. The third-order valence-electron chi connectivity index (χ3n) is 4.55. The van der Waals surface area contributed by atoms with Crippen LogP contribution in [0.4, 0.5) is 15.8 Å². The van der Waals surface area contributed by atoms with Gasteiger partial charge < -0.3 is 5.32 Å². The maximum absolute atomic E-state index is 13.7. The zero-order valence-electron chi connectivity index (χ0n) is 14.6. The van der Waals surface area contributed by atoms with Gasteiger partial charge in [-0.2, -0.15) is 4.31 Å². The van der Waals surface area contributed by atoms with Crippen molar-refractivity contribution in [1.29, 1.82) is 0 Å². The molecule has 0 saturated carbocycles. The highest BCUT2D eigenvalue weighted by Gasteiger charge is 2.28. The number of nitro groups is 1. The van der Waals surface area contributed by atoms with E-state index in [1.54, 1.807) is 18.2 Å². The molecule has 0 aromatic heterocycles. The molecule has 1 aliphatic heterocycles. The second-order valence-corrected chi connectivity index (χ2v) is 8.28. The van der Waals surface area contributed by atoms with Gasteiger partial charge in [0.25, 0.3) is 5.69 Å². The number of benzene rings is 2. The molecule has 0 aliphatic carbocycles. The molecule has 1 saturated heterocycles. The van der Waals surface area contributed by atoms with Crippen LogP contribution in [-0.2, 0) is 16.6 Å². The van der Waals surface area contributed by atoms with E-state index in [1.165, 1.54) is 22.5 Å². The molecule has 27 heavy (non-hydrogen) atoms. The summed E-state index contributed by atoms with van der Waals surface area (Å²) in [6.07, 6.45) is 2.54. The van der Waals surface area contributed by atoms with Crippen molar-refractivity contribution in [3.63, 3.8) is 0 Å². The number of nitrogens with one attached hydrogen (secondary N) is 1. The van der Waals surface area contributed by atoms with Crippen molar-refractivity contribution in [3.8, 4) is 0 Å². The molecule has 3 rings (SSSR count). The fourth-order valence-corrected chi connectivity index (χ4v) is 4.60. The first kappa shape index (κ1) is 19.2. The van der Waals surface area contributed by atoms with Crippen molar-refractivity contribution < 1.29 is 17.7 Å². The zero-order valence-corrected chi connectivity index (χ0v) is 15.4. The Bertz CT molecular complexity index is 943. The molecular formula is C18H20FN3O4S. The molecular weight excluding hydrogens is 373 g/mol. The fraction of sp³-hybridized carbons (Fsp3) is 0.333. The van der Waals surface area contributed by atoms with E-state index < -0.39 is 20.8 Å². The van der Waals surface area contributed by atoms with Crippen molar-refractivity contribution in [3.05, 3.63) is 64.0 Å². The minimum Gasteiger partial charge on any atom is -0.375 e. The van der Waals surface area contributed by atoms with Crippen LogP contribution in [0.15, 0.2) is 47.4 Å². The van der Waals surface area contributed by atoms with Gasteiger partial charge in [0, 0.05) is 31.3 Å². The molecule has 0 bridgehead atoms. The van der Waals surface area contributed by atoms with E-state index in [0.29, 0.717) is 18.7 Å². The molecule has 9 heteroatoms. The number of nitrogens with zero attached hydrogens (tertiary/aromatic N) is 2. The number of rotatable bonds is 6. The minimum atomic E-state index is -3.77. The number of nitro benzene ring substituents is 1. The molecule has 0 radical (unpaired) electrons. The number of piperidine rings is 1. The van der Waals surface area contributed by atoms with E-state index in [9.17, 15) is 22.9 Å². The molecule has 2 aromatic rings. The standard InChI is InChI=1S/C18H20FN3O4S/c19-16-7-3-2-6-14(16)13-20-17-9-8-15(12-18(17)22(23)24)27(25,26)21-10-4-1-5-11-21/h2-3,6-9,12,20H,1,4-5,10-11,13H2. The van der Waals surface area contributed by atoms with Crippen LogP contribution in [0.25, 0.3) is 0 Å². The molecule has 0 amide bonds. The third kappa shape index (κ3) is 4.25. The van der Waals surface area contributed by atoms with Crippen LogP contribution in [-0.4, -0.2) is 30.7 Å². The van der Waals surface area contributed by atoms with E-state index in [1.807, 2.05) is 0 Å². The Balaban J connectivity index is 1.86. The summed E-state index contributed by atoms with van der Waals surface area (Å²) in [5, 5.41) is 14.3. The van der Waals surface area contributed by atoms with Crippen LogP contribution >= 0.6 is 0 Å². The SMILES string of the molecule is O=[N+]([O-])c1cc(S(=O)(=O)N2CCCCC2)ccc1NCc1ccccc1F. The molecule has 1 heterocycles. The van der Waals surface area contributed by atoms with Gasteiger partial charge in [-0.3, -0.25) is 10.1 Å². The Kier molecular flexibility index (Phi) is 5.71. The molecule has 0 spiro atoms. The molecule has 1 aliphatic rings. The van der Waals surface area contributed by atoms with Crippen molar-refractivity contribution in [1.82, 2.24) is 4.31 Å². The summed E-state index contributed by atoms with van der Waals surface area (Å²) in [5.41, 5.74) is 0.141. The van der Waals surface area contributed by atoms with Crippen LogP contribution in [0, 0.1) is 15.9 Å². The van der Waals surface area contributed by atoms with E-state index in [-0.39, 0.29) is 22.8 Å². The Morgan fingerprint density at radius 1 is 1.11 bits per heavy atom. The molecule has 144 valence electrons. The van der Waals surface area contributed by atoms with Crippen LogP contribution in [0.5, 0.6) is 0 Å². The van der Waals surface area contributed by atoms with Gasteiger partial charge in [0.1, 0.15) is 11.5 Å². The van der Waals surface area contributed by atoms with Gasteiger partial charge in [0.2, 0.25) is 10.0 Å². The highest BCUT2D eigenvalue weighted by atomic mass is 32.2. The van der Waals surface area contributed by atoms with E-state index in [2.05, 4.69) is 5.32 Å². The summed E-state index contributed by atoms with van der Waals surface area (Å²) >= 11 is 0. The highest BCUT2D eigenvalue weighted by Crippen LogP contribution is 2.30. The van der Waals surface area contributed by atoms with E-state index in [4.69, 9.17) is 0 Å². The number of anilines is 1. The molecule has 7 nitrogen and oxygen atoms in total. The number of hydrogen-bond acceptors (Lipinski definition) is 5. The molecule has 2 aromatic carbocycles. The minimum absolute atomic E-state index is 0.0474. The second kappa shape index (κ2) is 8.01. The lowest BCUT2D eigenvalue weighted by molar-refractivity contribution is -0.384. The van der Waals surface area contributed by atoms with Crippen molar-refractivity contribution in [2.24, 2.45) is 0 Å². The number of halogens is 1. The average Bonchev–Trinajstić information content (AvgIpc) is 2.68. The Morgan fingerprint density at radius 3 is 2.48 bits per heavy atom. The van der Waals surface area contributed by atoms with Crippen LogP contribution < -0.4 is 5.32 Å². The van der Waals surface area contributed by atoms with Gasteiger partial charge in [-0.1, -0.05) is 24.6 Å². The van der Waals surface area contributed by atoms with Crippen LogP contribution in [0.2, 0.25) is 0 Å². The Morgan fingerprint density at radius 2 is 1.81 bits per heavy atom. The molecule has 0 atom stereocenters. The lowest BCUT2D eigenvalue weighted by Crippen LogP contribution is -2.35. The van der Waals surface area contributed by atoms with Gasteiger partial charge >= 0.3 is 0 Å². The predicted molar refractivity (Wildman–Crippen MR) is 99.4 cm³/mol. The summed E-state index contributed by atoms with van der Waals surface area (Å²) in [6.45, 7) is 0.887. The number of hydrogen-bond donors (Lipinski definition) is 1. The van der Waals surface area contributed by atoms with Crippen LogP contribution in [0.3, 0.4) is 0 Å². The second-order valence-electron chi connectivity index (χ2n) is 6.35. The van der Waals surface area contributed by atoms with Crippen molar-refractivity contribution in [2.45, 2.75) is 30.7 Å². The highest BCUT2D eigenvalue weighted by molar-refractivity contribution is 7.89.